The third-order valence-corrected chi connectivity index (χ3v) is 5.36. The highest BCUT2D eigenvalue weighted by atomic mass is 19.1. The summed E-state index contributed by atoms with van der Waals surface area (Å²) in [5.41, 5.74) is 0.615. The molecule has 2 fully saturated rings. The molecule has 7 heteroatoms. The van der Waals surface area contributed by atoms with E-state index in [9.17, 15) is 4.39 Å². The lowest BCUT2D eigenvalue weighted by Crippen LogP contribution is -2.49. The molecule has 4 rings (SSSR count). The summed E-state index contributed by atoms with van der Waals surface area (Å²) in [5.74, 6) is 0.717. The van der Waals surface area contributed by atoms with Crippen molar-refractivity contribution in [1.29, 1.82) is 0 Å². The molecule has 0 spiro atoms. The van der Waals surface area contributed by atoms with Gasteiger partial charge in [0.15, 0.2) is 11.6 Å². The average molecular weight is 360 g/mol. The normalized spacial score (nSPS) is 21.9. The Morgan fingerprint density at radius 2 is 2.04 bits per heavy atom. The number of morpholine rings is 1. The second kappa shape index (κ2) is 7.72. The molecule has 140 valence electrons. The van der Waals surface area contributed by atoms with Gasteiger partial charge in [-0.15, -0.1) is 0 Å². The van der Waals surface area contributed by atoms with Crippen molar-refractivity contribution in [3.8, 4) is 5.75 Å². The maximum absolute atomic E-state index is 14.1. The molecule has 2 aliphatic rings. The summed E-state index contributed by atoms with van der Waals surface area (Å²) >= 11 is 0. The highest BCUT2D eigenvalue weighted by molar-refractivity contribution is 5.90. The maximum atomic E-state index is 14.1. The van der Waals surface area contributed by atoms with Crippen molar-refractivity contribution in [2.75, 3.05) is 51.4 Å². The van der Waals surface area contributed by atoms with Crippen LogP contribution < -0.4 is 9.64 Å². The largest absolute Gasteiger partial charge is 0.494 e. The highest BCUT2D eigenvalue weighted by Gasteiger charge is 2.28. The number of methoxy groups -OCH3 is 1. The fraction of sp³-hybridized carbons (Fsp3) is 0.579. The summed E-state index contributed by atoms with van der Waals surface area (Å²) in [7, 11) is 1.48. The first-order valence-electron chi connectivity index (χ1n) is 9.31. The molecule has 0 aliphatic carbocycles. The van der Waals surface area contributed by atoms with Crippen LogP contribution in [0.4, 0.5) is 10.2 Å². The first kappa shape index (κ1) is 17.4. The Morgan fingerprint density at radius 3 is 2.85 bits per heavy atom. The van der Waals surface area contributed by atoms with E-state index < -0.39 is 5.82 Å². The van der Waals surface area contributed by atoms with Crippen LogP contribution in [-0.4, -0.2) is 67.4 Å². The van der Waals surface area contributed by atoms with Crippen molar-refractivity contribution >= 4 is 16.7 Å². The van der Waals surface area contributed by atoms with Crippen molar-refractivity contribution in [1.82, 2.24) is 14.9 Å². The fourth-order valence-electron chi connectivity index (χ4n) is 3.98. The molecule has 0 bridgehead atoms. The van der Waals surface area contributed by atoms with E-state index >= 15 is 0 Å². The van der Waals surface area contributed by atoms with Gasteiger partial charge in [-0.1, -0.05) is 0 Å². The molecule has 2 saturated heterocycles. The fourth-order valence-corrected chi connectivity index (χ4v) is 3.98. The van der Waals surface area contributed by atoms with E-state index in [4.69, 9.17) is 9.47 Å². The van der Waals surface area contributed by atoms with Gasteiger partial charge in [0.25, 0.3) is 0 Å². The zero-order valence-electron chi connectivity index (χ0n) is 15.2. The van der Waals surface area contributed by atoms with Gasteiger partial charge in [-0.25, -0.2) is 14.4 Å². The number of benzene rings is 1. The van der Waals surface area contributed by atoms with Gasteiger partial charge in [0, 0.05) is 43.7 Å². The minimum absolute atomic E-state index is 0.232. The Kier molecular flexibility index (Phi) is 5.17. The number of hydrogen-bond donors (Lipinski definition) is 0. The van der Waals surface area contributed by atoms with E-state index in [1.54, 1.807) is 6.07 Å². The van der Waals surface area contributed by atoms with E-state index in [-0.39, 0.29) is 5.75 Å². The third-order valence-electron chi connectivity index (χ3n) is 5.36. The first-order chi connectivity index (χ1) is 12.8. The molecule has 3 heterocycles. The quantitative estimate of drug-likeness (QED) is 0.835. The van der Waals surface area contributed by atoms with Crippen molar-refractivity contribution < 1.29 is 13.9 Å². The van der Waals surface area contributed by atoms with E-state index in [1.807, 2.05) is 0 Å². The number of fused-ring (bicyclic) bond motifs is 1. The number of rotatable bonds is 4. The molecule has 2 aromatic rings. The topological polar surface area (TPSA) is 50.7 Å². The van der Waals surface area contributed by atoms with Gasteiger partial charge < -0.3 is 14.4 Å². The predicted molar refractivity (Wildman–Crippen MR) is 98.3 cm³/mol. The van der Waals surface area contributed by atoms with Gasteiger partial charge in [-0.05, 0) is 25.3 Å². The number of ether oxygens (including phenoxy) is 2. The van der Waals surface area contributed by atoms with E-state index in [1.165, 1.54) is 25.9 Å². The van der Waals surface area contributed by atoms with E-state index in [2.05, 4.69) is 19.8 Å². The second-order valence-electron chi connectivity index (χ2n) is 6.96. The number of halogens is 1. The lowest BCUT2D eigenvalue weighted by molar-refractivity contribution is 0.0338. The van der Waals surface area contributed by atoms with E-state index in [0.29, 0.717) is 11.6 Å². The van der Waals surface area contributed by atoms with Gasteiger partial charge >= 0.3 is 0 Å². The Morgan fingerprint density at radius 1 is 1.19 bits per heavy atom. The van der Waals surface area contributed by atoms with Gasteiger partial charge in [0.1, 0.15) is 12.1 Å². The summed E-state index contributed by atoms with van der Waals surface area (Å²) < 4.78 is 24.7. The standard InChI is InChI=1S/C19H25FN4O2/c1-25-18-10-15-17(11-16(18)20)21-13-22-19(15)24-5-3-2-4-14(24)12-23-6-8-26-9-7-23/h10-11,13-14H,2-9,12H2,1H3/t14-/m0/s1. The van der Waals surface area contributed by atoms with Gasteiger partial charge in [-0.3, -0.25) is 4.90 Å². The molecule has 6 nitrogen and oxygen atoms in total. The van der Waals surface area contributed by atoms with Crippen molar-refractivity contribution in [3.63, 3.8) is 0 Å². The average Bonchev–Trinajstić information content (AvgIpc) is 2.68. The lowest BCUT2D eigenvalue weighted by Gasteiger charge is -2.40. The number of nitrogens with zero attached hydrogens (tertiary/aromatic N) is 4. The molecule has 1 aromatic heterocycles. The molecule has 26 heavy (non-hydrogen) atoms. The van der Waals surface area contributed by atoms with Crippen molar-refractivity contribution in [3.05, 3.63) is 24.3 Å². The summed E-state index contributed by atoms with van der Waals surface area (Å²) in [5, 5.41) is 0.847. The van der Waals surface area contributed by atoms with Gasteiger partial charge in [0.2, 0.25) is 0 Å². The molecule has 0 saturated carbocycles. The lowest BCUT2D eigenvalue weighted by atomic mass is 10.0. The zero-order valence-corrected chi connectivity index (χ0v) is 15.2. The Hall–Kier alpha value is -1.99. The van der Waals surface area contributed by atoms with Crippen LogP contribution in [0.25, 0.3) is 10.9 Å². The summed E-state index contributed by atoms with van der Waals surface area (Å²) in [6.07, 6.45) is 5.04. The Balaban J connectivity index is 1.67. The molecule has 0 N–H and O–H groups in total. The van der Waals surface area contributed by atoms with Crippen LogP contribution in [-0.2, 0) is 4.74 Å². The van der Waals surface area contributed by atoms with Gasteiger partial charge in [-0.2, -0.15) is 0 Å². The van der Waals surface area contributed by atoms with E-state index in [0.717, 1.165) is 63.4 Å². The van der Waals surface area contributed by atoms with Crippen LogP contribution in [0.15, 0.2) is 18.5 Å². The SMILES string of the molecule is COc1cc2c(N3CCCC[C@H]3CN3CCOCC3)ncnc2cc1F. The maximum Gasteiger partial charge on any atom is 0.167 e. The molecule has 0 radical (unpaired) electrons. The number of piperidine rings is 1. The van der Waals surface area contributed by atoms with Gasteiger partial charge in [0.05, 0.1) is 25.8 Å². The monoisotopic (exact) mass is 360 g/mol. The molecular weight excluding hydrogens is 335 g/mol. The zero-order chi connectivity index (χ0) is 17.9. The van der Waals surface area contributed by atoms with Crippen LogP contribution in [0.1, 0.15) is 19.3 Å². The second-order valence-corrected chi connectivity index (χ2v) is 6.96. The highest BCUT2D eigenvalue weighted by Crippen LogP contribution is 2.32. The first-order valence-corrected chi connectivity index (χ1v) is 9.31. The molecular formula is C19H25FN4O2. The summed E-state index contributed by atoms with van der Waals surface area (Å²) in [6.45, 7) is 5.54. The smallest absolute Gasteiger partial charge is 0.167 e. The molecule has 1 aromatic carbocycles. The van der Waals surface area contributed by atoms with Crippen LogP contribution in [0.3, 0.4) is 0 Å². The minimum atomic E-state index is -0.395. The third kappa shape index (κ3) is 3.46. The number of aromatic nitrogens is 2. The van der Waals surface area contributed by atoms with Crippen LogP contribution in [0, 0.1) is 5.82 Å². The predicted octanol–water partition coefficient (Wildman–Crippen LogP) is 2.47. The van der Waals surface area contributed by atoms with Crippen LogP contribution in [0.2, 0.25) is 0 Å². The summed E-state index contributed by atoms with van der Waals surface area (Å²) in [6, 6.07) is 3.55. The summed E-state index contributed by atoms with van der Waals surface area (Å²) in [4.78, 5) is 13.7. The molecule has 2 aliphatic heterocycles. The Bertz CT molecular complexity index is 767. The minimum Gasteiger partial charge on any atom is -0.494 e. The molecule has 1 atom stereocenters. The van der Waals surface area contributed by atoms with Crippen LogP contribution in [0.5, 0.6) is 5.75 Å². The molecule has 0 unspecified atom stereocenters. The Labute approximate surface area is 152 Å². The van der Waals surface area contributed by atoms with Crippen LogP contribution >= 0.6 is 0 Å². The number of hydrogen-bond acceptors (Lipinski definition) is 6. The number of anilines is 1. The molecule has 0 amide bonds. The van der Waals surface area contributed by atoms with Crippen molar-refractivity contribution in [2.45, 2.75) is 25.3 Å². The van der Waals surface area contributed by atoms with Crippen molar-refractivity contribution in [2.24, 2.45) is 0 Å².